The van der Waals surface area contributed by atoms with Crippen LogP contribution >= 0.6 is 0 Å². The fourth-order valence-corrected chi connectivity index (χ4v) is 4.75. The molecule has 0 aliphatic heterocycles. The Balaban J connectivity index is 1.86. The zero-order valence-electron chi connectivity index (χ0n) is 18.0. The van der Waals surface area contributed by atoms with Crippen LogP contribution in [0, 0.1) is 12.8 Å². The highest BCUT2D eigenvalue weighted by atomic mass is 32.2. The second-order valence-corrected chi connectivity index (χ2v) is 9.67. The predicted octanol–water partition coefficient (Wildman–Crippen LogP) is 5.31. The lowest BCUT2D eigenvalue weighted by Gasteiger charge is -2.21. The van der Waals surface area contributed by atoms with E-state index in [0.29, 0.717) is 22.7 Å². The van der Waals surface area contributed by atoms with Gasteiger partial charge in [0.25, 0.3) is 15.9 Å². The molecule has 0 saturated carbocycles. The van der Waals surface area contributed by atoms with Crippen molar-refractivity contribution in [3.05, 3.63) is 95.6 Å². The molecule has 5 nitrogen and oxygen atoms in total. The number of hydrogen-bond donors (Lipinski definition) is 2. The molecule has 1 unspecified atom stereocenters. The molecule has 6 heteroatoms. The number of para-hydroxylation sites is 1. The lowest BCUT2D eigenvalue weighted by atomic mass is 9.96. The van der Waals surface area contributed by atoms with Gasteiger partial charge in [-0.2, -0.15) is 0 Å². The summed E-state index contributed by atoms with van der Waals surface area (Å²) in [6.07, 6.45) is 0.780. The largest absolute Gasteiger partial charge is 0.345 e. The van der Waals surface area contributed by atoms with Gasteiger partial charge in [0.05, 0.1) is 10.9 Å². The highest BCUT2D eigenvalue weighted by Crippen LogP contribution is 2.24. The summed E-state index contributed by atoms with van der Waals surface area (Å²) in [5, 5.41) is 3.07. The number of sulfonamides is 1. The number of carbonyl (C=O) groups excluding carboxylic acids is 1. The third kappa shape index (κ3) is 5.95. The molecule has 0 spiro atoms. The van der Waals surface area contributed by atoms with E-state index in [-0.39, 0.29) is 16.8 Å². The van der Waals surface area contributed by atoms with Crippen LogP contribution in [0.4, 0.5) is 5.69 Å². The van der Waals surface area contributed by atoms with E-state index < -0.39 is 10.0 Å². The normalized spacial score (nSPS) is 12.4. The Morgan fingerprint density at radius 2 is 1.52 bits per heavy atom. The quantitative estimate of drug-likeness (QED) is 0.502. The number of aryl methyl sites for hydroxylation is 1. The van der Waals surface area contributed by atoms with E-state index >= 15 is 0 Å². The van der Waals surface area contributed by atoms with Crippen molar-refractivity contribution in [2.24, 2.45) is 5.92 Å². The van der Waals surface area contributed by atoms with E-state index in [1.807, 2.05) is 36.4 Å². The molecule has 2 N–H and O–H groups in total. The first-order chi connectivity index (χ1) is 14.8. The molecule has 0 radical (unpaired) electrons. The van der Waals surface area contributed by atoms with Crippen molar-refractivity contribution in [2.75, 3.05) is 4.72 Å². The maximum absolute atomic E-state index is 13.0. The van der Waals surface area contributed by atoms with Crippen LogP contribution in [0.3, 0.4) is 0 Å². The Hall–Kier alpha value is -3.12. The first kappa shape index (κ1) is 22.6. The van der Waals surface area contributed by atoms with Crippen LogP contribution < -0.4 is 10.0 Å². The first-order valence-corrected chi connectivity index (χ1v) is 11.8. The molecule has 1 atom stereocenters. The topological polar surface area (TPSA) is 75.3 Å². The molecule has 0 bridgehead atoms. The fraction of sp³-hybridized carbons (Fsp3) is 0.240. The van der Waals surface area contributed by atoms with Crippen LogP contribution in [-0.4, -0.2) is 14.3 Å². The summed E-state index contributed by atoms with van der Waals surface area (Å²) < 4.78 is 28.5. The summed E-state index contributed by atoms with van der Waals surface area (Å²) in [4.78, 5) is 13.1. The molecule has 1 amide bonds. The molecule has 0 aliphatic rings. The zero-order valence-corrected chi connectivity index (χ0v) is 18.8. The lowest BCUT2D eigenvalue weighted by Crippen LogP contribution is -2.29. The zero-order chi connectivity index (χ0) is 22.4. The summed E-state index contributed by atoms with van der Waals surface area (Å²) in [6, 6.07) is 23.1. The van der Waals surface area contributed by atoms with Gasteiger partial charge in [-0.15, -0.1) is 0 Å². The second-order valence-electron chi connectivity index (χ2n) is 8.02. The predicted molar refractivity (Wildman–Crippen MR) is 125 cm³/mol. The maximum Gasteiger partial charge on any atom is 0.262 e. The fourth-order valence-electron chi connectivity index (χ4n) is 3.42. The number of rotatable bonds is 8. The average molecular weight is 437 g/mol. The molecular formula is C25H28N2O3S. The summed E-state index contributed by atoms with van der Waals surface area (Å²) in [5.41, 5.74) is 2.37. The highest BCUT2D eigenvalue weighted by molar-refractivity contribution is 7.92. The minimum atomic E-state index is -3.83. The molecule has 3 aromatic rings. The van der Waals surface area contributed by atoms with E-state index in [0.717, 1.165) is 12.0 Å². The summed E-state index contributed by atoms with van der Waals surface area (Å²) >= 11 is 0. The average Bonchev–Trinajstić information content (AvgIpc) is 2.74. The highest BCUT2D eigenvalue weighted by Gasteiger charge is 2.21. The Kier molecular flexibility index (Phi) is 7.13. The van der Waals surface area contributed by atoms with Gasteiger partial charge < -0.3 is 5.32 Å². The number of nitrogens with one attached hydrogen (secondary N) is 2. The van der Waals surface area contributed by atoms with E-state index in [1.54, 1.807) is 43.3 Å². The van der Waals surface area contributed by atoms with Crippen LogP contribution in [0.5, 0.6) is 0 Å². The van der Waals surface area contributed by atoms with Crippen molar-refractivity contribution >= 4 is 21.6 Å². The monoisotopic (exact) mass is 436 g/mol. The van der Waals surface area contributed by atoms with Gasteiger partial charge >= 0.3 is 0 Å². The molecular weight excluding hydrogens is 408 g/mol. The van der Waals surface area contributed by atoms with Gasteiger partial charge in [-0.05, 0) is 54.7 Å². The molecule has 31 heavy (non-hydrogen) atoms. The van der Waals surface area contributed by atoms with Gasteiger partial charge in [-0.1, -0.05) is 68.4 Å². The van der Waals surface area contributed by atoms with Crippen molar-refractivity contribution in [1.29, 1.82) is 0 Å². The molecule has 0 heterocycles. The number of hydrogen-bond acceptors (Lipinski definition) is 3. The minimum Gasteiger partial charge on any atom is -0.345 e. The van der Waals surface area contributed by atoms with Crippen molar-refractivity contribution in [1.82, 2.24) is 5.32 Å². The molecule has 0 aliphatic carbocycles. The number of amides is 1. The maximum atomic E-state index is 13.0. The number of benzene rings is 3. The molecule has 3 rings (SSSR count). The van der Waals surface area contributed by atoms with Crippen LogP contribution in [0.25, 0.3) is 0 Å². The third-order valence-electron chi connectivity index (χ3n) is 4.98. The van der Waals surface area contributed by atoms with Crippen LogP contribution in [0.2, 0.25) is 0 Å². The smallest absolute Gasteiger partial charge is 0.262 e. The third-order valence-corrected chi connectivity index (χ3v) is 6.50. The Labute approximate surface area is 184 Å². The molecule has 162 valence electrons. The van der Waals surface area contributed by atoms with E-state index in [4.69, 9.17) is 0 Å². The minimum absolute atomic E-state index is 0.0872. The van der Waals surface area contributed by atoms with Gasteiger partial charge in [-0.3, -0.25) is 9.52 Å². The summed E-state index contributed by atoms with van der Waals surface area (Å²) in [7, 11) is -3.83. The van der Waals surface area contributed by atoms with Gasteiger partial charge in [-0.25, -0.2) is 8.42 Å². The summed E-state index contributed by atoms with van der Waals surface area (Å²) in [5.74, 6) is 0.0835. The first-order valence-electron chi connectivity index (χ1n) is 10.3. The van der Waals surface area contributed by atoms with Gasteiger partial charge in [0.2, 0.25) is 0 Å². The van der Waals surface area contributed by atoms with Gasteiger partial charge in [0, 0.05) is 11.3 Å². The standard InChI is InChI=1S/C25H28N2O3S/c1-18(2)16-23(20-10-6-4-7-11-20)26-25(28)21-15-14-19(3)24(17-21)31(29,30)27-22-12-8-5-9-13-22/h4-15,17-18,23,27H,16H2,1-3H3,(H,26,28). The summed E-state index contributed by atoms with van der Waals surface area (Å²) in [6.45, 7) is 5.93. The number of carbonyl (C=O) groups is 1. The van der Waals surface area contributed by atoms with Crippen LogP contribution in [0.1, 0.15) is 47.8 Å². The lowest BCUT2D eigenvalue weighted by molar-refractivity contribution is 0.0931. The van der Waals surface area contributed by atoms with E-state index in [9.17, 15) is 13.2 Å². The van der Waals surface area contributed by atoms with Crippen molar-refractivity contribution in [2.45, 2.75) is 38.1 Å². The Bertz CT molecular complexity index is 1130. The van der Waals surface area contributed by atoms with Crippen molar-refractivity contribution < 1.29 is 13.2 Å². The van der Waals surface area contributed by atoms with Crippen molar-refractivity contribution in [3.8, 4) is 0 Å². The molecule has 0 fully saturated rings. The molecule has 0 aromatic heterocycles. The van der Waals surface area contributed by atoms with Crippen LogP contribution in [-0.2, 0) is 10.0 Å². The van der Waals surface area contributed by atoms with Crippen LogP contribution in [0.15, 0.2) is 83.8 Å². The van der Waals surface area contributed by atoms with E-state index in [2.05, 4.69) is 23.9 Å². The van der Waals surface area contributed by atoms with Crippen molar-refractivity contribution in [3.63, 3.8) is 0 Å². The van der Waals surface area contributed by atoms with Gasteiger partial charge in [0.1, 0.15) is 0 Å². The van der Waals surface area contributed by atoms with Gasteiger partial charge in [0.15, 0.2) is 0 Å². The SMILES string of the molecule is Cc1ccc(C(=O)NC(CC(C)C)c2ccccc2)cc1S(=O)(=O)Nc1ccccc1. The molecule has 3 aromatic carbocycles. The Morgan fingerprint density at radius 3 is 2.13 bits per heavy atom. The number of anilines is 1. The van der Waals surface area contributed by atoms with E-state index in [1.165, 1.54) is 6.07 Å². The second kappa shape index (κ2) is 9.79. The Morgan fingerprint density at radius 1 is 0.903 bits per heavy atom. The molecule has 0 saturated heterocycles.